The molecule has 4 heteroatoms. The molecule has 0 radical (unpaired) electrons. The van der Waals surface area contributed by atoms with E-state index in [1.165, 1.54) is 0 Å². The molecule has 1 unspecified atom stereocenters. The van der Waals surface area contributed by atoms with Crippen LogP contribution in [0.1, 0.15) is 25.1 Å². The van der Waals surface area contributed by atoms with Crippen LogP contribution in [0.25, 0.3) is 0 Å². The Balaban J connectivity index is 2.41. The van der Waals surface area contributed by atoms with Gasteiger partial charge in [0.25, 0.3) is 0 Å². The van der Waals surface area contributed by atoms with E-state index in [1.807, 2.05) is 29.1 Å². The molecule has 14 heavy (non-hydrogen) atoms. The van der Waals surface area contributed by atoms with E-state index in [-0.39, 0.29) is 6.04 Å². The number of H-pyrrole nitrogens is 1. The van der Waals surface area contributed by atoms with Gasteiger partial charge in [0.15, 0.2) is 4.77 Å². The van der Waals surface area contributed by atoms with Gasteiger partial charge in [0, 0.05) is 12.4 Å². The van der Waals surface area contributed by atoms with E-state index in [9.17, 15) is 0 Å². The molecule has 0 aromatic carbocycles. The molecule has 0 amide bonds. The van der Waals surface area contributed by atoms with E-state index < -0.39 is 0 Å². The highest BCUT2D eigenvalue weighted by atomic mass is 32.1. The number of imidazole rings is 1. The summed E-state index contributed by atoms with van der Waals surface area (Å²) in [5.74, 6) is 0.947. The predicted octanol–water partition coefficient (Wildman–Crippen LogP) is 3.14. The average molecular weight is 208 g/mol. The van der Waals surface area contributed by atoms with Gasteiger partial charge >= 0.3 is 0 Å². The number of aromatic nitrogens is 2. The largest absolute Gasteiger partial charge is 0.467 e. The summed E-state index contributed by atoms with van der Waals surface area (Å²) in [5.41, 5.74) is 0. The lowest BCUT2D eigenvalue weighted by atomic mass is 10.2. The molecule has 0 saturated carbocycles. The first-order valence-electron chi connectivity index (χ1n) is 4.62. The van der Waals surface area contributed by atoms with Crippen LogP contribution in [0.4, 0.5) is 0 Å². The predicted molar refractivity (Wildman–Crippen MR) is 56.8 cm³/mol. The van der Waals surface area contributed by atoms with Gasteiger partial charge in [-0.1, -0.05) is 6.92 Å². The van der Waals surface area contributed by atoms with Gasteiger partial charge in [-0.15, -0.1) is 0 Å². The first kappa shape index (κ1) is 9.27. The lowest BCUT2D eigenvalue weighted by Crippen LogP contribution is -2.07. The molecule has 0 bridgehead atoms. The van der Waals surface area contributed by atoms with Gasteiger partial charge in [0.05, 0.1) is 12.3 Å². The Bertz CT molecular complexity index is 441. The molecule has 0 aliphatic rings. The summed E-state index contributed by atoms with van der Waals surface area (Å²) < 4.78 is 8.12. The van der Waals surface area contributed by atoms with Crippen LogP contribution in [-0.4, -0.2) is 9.55 Å². The first-order chi connectivity index (χ1) is 6.83. The second-order valence-corrected chi connectivity index (χ2v) is 3.50. The van der Waals surface area contributed by atoms with E-state index in [2.05, 4.69) is 11.9 Å². The van der Waals surface area contributed by atoms with Crippen molar-refractivity contribution in [3.63, 3.8) is 0 Å². The molecule has 0 aliphatic heterocycles. The second kappa shape index (κ2) is 3.84. The van der Waals surface area contributed by atoms with Crippen molar-refractivity contribution in [3.8, 4) is 0 Å². The van der Waals surface area contributed by atoms with Gasteiger partial charge in [0.1, 0.15) is 5.76 Å². The topological polar surface area (TPSA) is 33.9 Å². The van der Waals surface area contributed by atoms with Crippen LogP contribution < -0.4 is 0 Å². The van der Waals surface area contributed by atoms with E-state index in [1.54, 1.807) is 6.26 Å². The maximum Gasteiger partial charge on any atom is 0.177 e. The van der Waals surface area contributed by atoms with Crippen LogP contribution >= 0.6 is 12.2 Å². The van der Waals surface area contributed by atoms with Gasteiger partial charge in [-0.05, 0) is 30.8 Å². The Morgan fingerprint density at radius 2 is 2.50 bits per heavy atom. The van der Waals surface area contributed by atoms with Gasteiger partial charge in [-0.25, -0.2) is 0 Å². The van der Waals surface area contributed by atoms with Crippen molar-refractivity contribution in [1.82, 2.24) is 9.55 Å². The quantitative estimate of drug-likeness (QED) is 0.786. The zero-order chi connectivity index (χ0) is 9.97. The SMILES string of the molecule is CCC(c1ccco1)n1cc[nH]c1=S. The van der Waals surface area contributed by atoms with Crippen LogP contribution in [0.2, 0.25) is 0 Å². The van der Waals surface area contributed by atoms with E-state index in [0.717, 1.165) is 17.0 Å². The Labute approximate surface area is 87.4 Å². The average Bonchev–Trinajstić information content (AvgIpc) is 2.80. The Morgan fingerprint density at radius 1 is 1.64 bits per heavy atom. The highest BCUT2D eigenvalue weighted by Crippen LogP contribution is 2.22. The van der Waals surface area contributed by atoms with Gasteiger partial charge in [-0.2, -0.15) is 0 Å². The molecule has 3 nitrogen and oxygen atoms in total. The monoisotopic (exact) mass is 208 g/mol. The van der Waals surface area contributed by atoms with Crippen LogP contribution in [0, 0.1) is 4.77 Å². The molecule has 2 aromatic heterocycles. The smallest absolute Gasteiger partial charge is 0.177 e. The lowest BCUT2D eigenvalue weighted by molar-refractivity contribution is 0.418. The minimum absolute atomic E-state index is 0.198. The number of furan rings is 1. The molecule has 0 saturated heterocycles. The molecular weight excluding hydrogens is 196 g/mol. The third-order valence-electron chi connectivity index (χ3n) is 2.27. The molecule has 0 fully saturated rings. The standard InChI is InChI=1S/C10H12N2OS/c1-2-8(9-4-3-7-13-9)12-6-5-11-10(12)14/h3-8H,2H2,1H3,(H,11,14). The molecule has 2 aromatic rings. The lowest BCUT2D eigenvalue weighted by Gasteiger charge is -2.13. The third-order valence-corrected chi connectivity index (χ3v) is 2.60. The van der Waals surface area contributed by atoms with Crippen LogP contribution in [0.5, 0.6) is 0 Å². The summed E-state index contributed by atoms with van der Waals surface area (Å²) in [6.45, 7) is 2.11. The number of hydrogen-bond acceptors (Lipinski definition) is 2. The maximum absolute atomic E-state index is 5.38. The van der Waals surface area contributed by atoms with Crippen LogP contribution in [-0.2, 0) is 0 Å². The van der Waals surface area contributed by atoms with Gasteiger partial charge in [0.2, 0.25) is 0 Å². The summed E-state index contributed by atoms with van der Waals surface area (Å²) in [6, 6.07) is 4.07. The van der Waals surface area contributed by atoms with Crippen molar-refractivity contribution < 1.29 is 4.42 Å². The zero-order valence-corrected chi connectivity index (χ0v) is 8.75. The third kappa shape index (κ3) is 1.53. The number of rotatable bonds is 3. The van der Waals surface area contributed by atoms with E-state index in [4.69, 9.17) is 16.6 Å². The van der Waals surface area contributed by atoms with Crippen molar-refractivity contribution in [2.24, 2.45) is 0 Å². The molecule has 74 valence electrons. The summed E-state index contributed by atoms with van der Waals surface area (Å²) in [5, 5.41) is 0. The molecular formula is C10H12N2OS. The number of nitrogens with zero attached hydrogens (tertiary/aromatic N) is 1. The van der Waals surface area contributed by atoms with Crippen molar-refractivity contribution in [3.05, 3.63) is 41.3 Å². The number of nitrogens with one attached hydrogen (secondary N) is 1. The molecule has 1 atom stereocenters. The zero-order valence-electron chi connectivity index (χ0n) is 7.93. The van der Waals surface area contributed by atoms with Crippen LogP contribution in [0.15, 0.2) is 35.2 Å². The van der Waals surface area contributed by atoms with E-state index in [0.29, 0.717) is 0 Å². The Hall–Kier alpha value is -1.29. The van der Waals surface area contributed by atoms with Crippen LogP contribution in [0.3, 0.4) is 0 Å². The fourth-order valence-electron chi connectivity index (χ4n) is 1.59. The highest BCUT2D eigenvalue weighted by molar-refractivity contribution is 7.71. The second-order valence-electron chi connectivity index (χ2n) is 3.11. The fourth-order valence-corrected chi connectivity index (χ4v) is 1.85. The summed E-state index contributed by atoms with van der Waals surface area (Å²) in [6.07, 6.45) is 6.43. The van der Waals surface area contributed by atoms with Crippen molar-refractivity contribution in [2.75, 3.05) is 0 Å². The molecule has 1 N–H and O–H groups in total. The Kier molecular flexibility index (Phi) is 2.54. The number of aromatic amines is 1. The van der Waals surface area contributed by atoms with Crippen molar-refractivity contribution in [2.45, 2.75) is 19.4 Å². The normalized spacial score (nSPS) is 12.9. The summed E-state index contributed by atoms with van der Waals surface area (Å²) in [7, 11) is 0. The number of hydrogen-bond donors (Lipinski definition) is 1. The van der Waals surface area contributed by atoms with Gasteiger partial charge < -0.3 is 14.0 Å². The van der Waals surface area contributed by atoms with Crippen molar-refractivity contribution in [1.29, 1.82) is 0 Å². The maximum atomic E-state index is 5.38. The summed E-state index contributed by atoms with van der Waals surface area (Å²) in [4.78, 5) is 2.98. The minimum Gasteiger partial charge on any atom is -0.467 e. The van der Waals surface area contributed by atoms with E-state index >= 15 is 0 Å². The molecule has 0 spiro atoms. The van der Waals surface area contributed by atoms with Gasteiger partial charge in [-0.3, -0.25) is 0 Å². The molecule has 0 aliphatic carbocycles. The molecule has 2 rings (SSSR count). The highest BCUT2D eigenvalue weighted by Gasteiger charge is 2.14. The first-order valence-corrected chi connectivity index (χ1v) is 5.02. The minimum atomic E-state index is 0.198. The Morgan fingerprint density at radius 3 is 3.00 bits per heavy atom. The fraction of sp³-hybridized carbons (Fsp3) is 0.300. The summed E-state index contributed by atoms with van der Waals surface area (Å²) >= 11 is 5.17. The molecule has 2 heterocycles. The van der Waals surface area contributed by atoms with Crippen molar-refractivity contribution >= 4 is 12.2 Å².